The number of imidazole rings is 1. The zero-order valence-corrected chi connectivity index (χ0v) is 18.3. The van der Waals surface area contributed by atoms with Gasteiger partial charge < -0.3 is 14.8 Å². The second-order valence-electron chi connectivity index (χ2n) is 7.10. The van der Waals surface area contributed by atoms with Crippen LogP contribution in [0.2, 0.25) is 5.02 Å². The Morgan fingerprint density at radius 2 is 1.90 bits per heavy atom. The number of fused-ring (bicyclic) bond motifs is 1. The second-order valence-corrected chi connectivity index (χ2v) is 9.28. The summed E-state index contributed by atoms with van der Waals surface area (Å²) >= 11 is 6.20. The molecule has 2 heterocycles. The summed E-state index contributed by atoms with van der Waals surface area (Å²) in [7, 11) is -4.11. The second kappa shape index (κ2) is 9.67. The highest BCUT2D eigenvalue weighted by Gasteiger charge is 2.18. The maximum atomic E-state index is 12.8. The molecule has 0 bridgehead atoms. The van der Waals surface area contributed by atoms with Crippen LogP contribution in [0.25, 0.3) is 11.2 Å². The highest BCUT2D eigenvalue weighted by Crippen LogP contribution is 2.35. The lowest BCUT2D eigenvalue weighted by Gasteiger charge is -2.10. The minimum Gasteiger partial charge on any atom is -0.336 e. The molecule has 3 aromatic rings. The number of benzene rings is 1. The molecule has 0 saturated heterocycles. The number of aryl methyl sites for hydroxylation is 3. The van der Waals surface area contributed by atoms with E-state index in [0.717, 1.165) is 10.1 Å². The molecule has 11 heteroatoms. The van der Waals surface area contributed by atoms with Crippen molar-refractivity contribution in [1.29, 1.82) is 0 Å². The predicted octanol–water partition coefficient (Wildman–Crippen LogP) is 1.92. The molecular weight excluding hydrogens is 443 g/mol. The standard InChI is InChI=1S/C20H22ClN4O5P/c1-2-11-25-19(26)17-18(24(20(25)27)12-5-6-13-31(28,29)30)23-16(22-17)10-9-14-7-3-4-8-15(14)21/h1,3-4,7-8H,5-6,9-13H2,(H,22,23)(H2,28,29,30). The Bertz CT molecular complexity index is 1300. The van der Waals surface area contributed by atoms with Gasteiger partial charge in [0, 0.05) is 24.2 Å². The fourth-order valence-corrected chi connectivity index (χ4v) is 4.17. The number of H-pyrrole nitrogens is 1. The molecule has 164 valence electrons. The molecule has 0 unspecified atom stereocenters. The van der Waals surface area contributed by atoms with Crippen LogP contribution < -0.4 is 11.2 Å². The van der Waals surface area contributed by atoms with E-state index < -0.39 is 18.8 Å². The van der Waals surface area contributed by atoms with Crippen LogP contribution in [-0.4, -0.2) is 35.1 Å². The molecule has 0 aliphatic rings. The fourth-order valence-electron chi connectivity index (χ4n) is 3.31. The van der Waals surface area contributed by atoms with E-state index in [2.05, 4.69) is 15.9 Å². The summed E-state index contributed by atoms with van der Waals surface area (Å²) in [5.41, 5.74) is 0.147. The first-order valence-corrected chi connectivity index (χ1v) is 11.8. The van der Waals surface area contributed by atoms with Crippen molar-refractivity contribution in [2.24, 2.45) is 0 Å². The van der Waals surface area contributed by atoms with Crippen molar-refractivity contribution in [3.05, 3.63) is 61.5 Å². The van der Waals surface area contributed by atoms with E-state index in [1.54, 1.807) is 6.07 Å². The monoisotopic (exact) mass is 464 g/mol. The normalized spacial score (nSPS) is 11.7. The Morgan fingerprint density at radius 3 is 2.58 bits per heavy atom. The van der Waals surface area contributed by atoms with Gasteiger partial charge in [-0.3, -0.25) is 13.9 Å². The largest absolute Gasteiger partial charge is 0.336 e. The van der Waals surface area contributed by atoms with E-state index in [4.69, 9.17) is 27.8 Å². The van der Waals surface area contributed by atoms with Gasteiger partial charge in [-0.1, -0.05) is 35.7 Å². The summed E-state index contributed by atoms with van der Waals surface area (Å²) in [6, 6.07) is 7.42. The summed E-state index contributed by atoms with van der Waals surface area (Å²) in [5.74, 6) is 2.82. The Labute approximate surface area is 182 Å². The molecule has 3 N–H and O–H groups in total. The van der Waals surface area contributed by atoms with Crippen LogP contribution in [0.3, 0.4) is 0 Å². The van der Waals surface area contributed by atoms with E-state index in [9.17, 15) is 14.2 Å². The van der Waals surface area contributed by atoms with Crippen molar-refractivity contribution in [3.63, 3.8) is 0 Å². The van der Waals surface area contributed by atoms with Crippen molar-refractivity contribution >= 4 is 30.4 Å². The van der Waals surface area contributed by atoms with Crippen LogP contribution in [0.4, 0.5) is 0 Å². The molecule has 2 aromatic heterocycles. The van der Waals surface area contributed by atoms with Gasteiger partial charge in [-0.2, -0.15) is 0 Å². The van der Waals surface area contributed by atoms with Crippen LogP contribution in [0.1, 0.15) is 24.2 Å². The molecule has 0 aliphatic heterocycles. The van der Waals surface area contributed by atoms with Gasteiger partial charge >= 0.3 is 13.3 Å². The fraction of sp³-hybridized carbons (Fsp3) is 0.350. The van der Waals surface area contributed by atoms with Crippen molar-refractivity contribution in [2.75, 3.05) is 6.16 Å². The van der Waals surface area contributed by atoms with E-state index >= 15 is 0 Å². The van der Waals surface area contributed by atoms with E-state index in [-0.39, 0.29) is 36.8 Å². The first kappa shape index (κ1) is 23.0. The van der Waals surface area contributed by atoms with E-state index in [1.807, 2.05) is 18.2 Å². The van der Waals surface area contributed by atoms with Gasteiger partial charge in [0.15, 0.2) is 5.65 Å². The van der Waals surface area contributed by atoms with Gasteiger partial charge in [-0.25, -0.2) is 14.3 Å². The molecular formula is C20H22ClN4O5P. The number of nitrogens with one attached hydrogen (secondary N) is 1. The molecule has 3 rings (SSSR count). The van der Waals surface area contributed by atoms with E-state index in [0.29, 0.717) is 30.1 Å². The summed E-state index contributed by atoms with van der Waals surface area (Å²) in [5, 5.41) is 0.636. The number of hydrogen-bond donors (Lipinski definition) is 3. The summed E-state index contributed by atoms with van der Waals surface area (Å²) < 4.78 is 13.3. The lowest BCUT2D eigenvalue weighted by Crippen LogP contribution is -2.40. The lowest BCUT2D eigenvalue weighted by molar-refractivity contribution is 0.370. The number of rotatable bonds is 9. The van der Waals surface area contributed by atoms with Crippen LogP contribution in [0, 0.1) is 12.3 Å². The molecule has 0 spiro atoms. The first-order chi connectivity index (χ1) is 14.7. The van der Waals surface area contributed by atoms with E-state index in [1.165, 1.54) is 4.57 Å². The minimum absolute atomic E-state index is 0.148. The van der Waals surface area contributed by atoms with Gasteiger partial charge in [-0.05, 0) is 30.9 Å². The zero-order valence-electron chi connectivity index (χ0n) is 16.6. The van der Waals surface area contributed by atoms with Gasteiger partial charge in [0.1, 0.15) is 11.3 Å². The SMILES string of the molecule is C#CCn1c(=O)c2[nH]c(CCc3ccccc3Cl)nc2n(CCCCP(=O)(O)O)c1=O. The van der Waals surface area contributed by atoms with Crippen molar-refractivity contribution < 1.29 is 14.4 Å². The van der Waals surface area contributed by atoms with Crippen molar-refractivity contribution in [2.45, 2.75) is 38.8 Å². The number of nitrogens with zero attached hydrogens (tertiary/aromatic N) is 3. The Kier molecular flexibility index (Phi) is 7.19. The number of aromatic amines is 1. The summed E-state index contributed by atoms with van der Waals surface area (Å²) in [6.45, 7) is -0.0426. The highest BCUT2D eigenvalue weighted by molar-refractivity contribution is 7.51. The highest BCUT2D eigenvalue weighted by atomic mass is 35.5. The smallest absolute Gasteiger partial charge is 0.333 e. The van der Waals surface area contributed by atoms with Crippen molar-refractivity contribution in [3.8, 4) is 12.3 Å². The number of aromatic nitrogens is 4. The molecule has 0 radical (unpaired) electrons. The number of hydrogen-bond acceptors (Lipinski definition) is 4. The van der Waals surface area contributed by atoms with Gasteiger partial charge in [0.25, 0.3) is 5.56 Å². The molecule has 0 atom stereocenters. The van der Waals surface area contributed by atoms with Gasteiger partial charge in [-0.15, -0.1) is 6.42 Å². The Morgan fingerprint density at radius 1 is 1.16 bits per heavy atom. The molecule has 0 aliphatic carbocycles. The lowest BCUT2D eigenvalue weighted by atomic mass is 10.1. The molecule has 0 saturated carbocycles. The maximum absolute atomic E-state index is 12.8. The Balaban J connectivity index is 1.94. The van der Waals surface area contributed by atoms with Gasteiger partial charge in [0.05, 0.1) is 6.54 Å². The van der Waals surface area contributed by atoms with Crippen LogP contribution in [0.5, 0.6) is 0 Å². The Hall–Kier alpha value is -2.63. The minimum atomic E-state index is -4.11. The molecule has 0 amide bonds. The van der Waals surface area contributed by atoms with Gasteiger partial charge in [0.2, 0.25) is 0 Å². The average Bonchev–Trinajstić information content (AvgIpc) is 3.13. The third-order valence-electron chi connectivity index (χ3n) is 4.83. The van der Waals surface area contributed by atoms with Crippen LogP contribution >= 0.6 is 19.2 Å². The molecule has 9 nitrogen and oxygen atoms in total. The quantitative estimate of drug-likeness (QED) is 0.252. The third-order valence-corrected chi connectivity index (χ3v) is 6.10. The zero-order chi connectivity index (χ0) is 22.6. The van der Waals surface area contributed by atoms with Crippen LogP contribution in [-0.2, 0) is 30.5 Å². The van der Waals surface area contributed by atoms with Crippen LogP contribution in [0.15, 0.2) is 33.9 Å². The maximum Gasteiger partial charge on any atom is 0.333 e. The predicted molar refractivity (Wildman–Crippen MR) is 118 cm³/mol. The third kappa shape index (κ3) is 5.54. The van der Waals surface area contributed by atoms with Crippen molar-refractivity contribution in [1.82, 2.24) is 19.1 Å². The average molecular weight is 465 g/mol. The summed E-state index contributed by atoms with van der Waals surface area (Å²) in [4.78, 5) is 51.1. The molecule has 0 fully saturated rings. The topological polar surface area (TPSA) is 130 Å². The number of terminal acetylenes is 1. The first-order valence-electron chi connectivity index (χ1n) is 9.65. The summed E-state index contributed by atoms with van der Waals surface area (Å²) in [6.07, 6.45) is 6.64. The number of unbranched alkanes of at least 4 members (excludes halogenated alkanes) is 1. The number of halogens is 1. The molecule has 1 aromatic carbocycles. The molecule has 31 heavy (non-hydrogen) atoms.